The van der Waals surface area contributed by atoms with E-state index < -0.39 is 0 Å². The van der Waals surface area contributed by atoms with E-state index in [9.17, 15) is 4.79 Å². The van der Waals surface area contributed by atoms with Gasteiger partial charge in [-0.15, -0.1) is 0 Å². The van der Waals surface area contributed by atoms with E-state index in [-0.39, 0.29) is 18.2 Å². The van der Waals surface area contributed by atoms with Crippen LogP contribution in [-0.2, 0) is 13.2 Å². The molecular weight excluding hydrogens is 344 g/mol. The Morgan fingerprint density at radius 3 is 2.74 bits per heavy atom. The van der Waals surface area contributed by atoms with Gasteiger partial charge < -0.3 is 14.6 Å². The van der Waals surface area contributed by atoms with Gasteiger partial charge in [-0.05, 0) is 51.8 Å². The Kier molecular flexibility index (Phi) is 5.30. The zero-order valence-electron chi connectivity index (χ0n) is 16.3. The first-order valence-corrected chi connectivity index (χ1v) is 8.90. The lowest BCUT2D eigenvalue weighted by Gasteiger charge is -2.11. The van der Waals surface area contributed by atoms with Crippen LogP contribution in [0.3, 0.4) is 0 Å². The summed E-state index contributed by atoms with van der Waals surface area (Å²) in [4.78, 5) is 12.7. The summed E-state index contributed by atoms with van der Waals surface area (Å²) < 4.78 is 13.0. The molecule has 0 spiro atoms. The number of nitrogens with zero attached hydrogens (tertiary/aromatic N) is 3. The number of hydrogen-bond acceptors (Lipinski definition) is 5. The smallest absolute Gasteiger partial charge is 0.279 e. The number of anilines is 1. The average Bonchev–Trinajstić information content (AvgIpc) is 3.18. The van der Waals surface area contributed by atoms with Crippen molar-refractivity contribution in [2.45, 2.75) is 47.8 Å². The highest BCUT2D eigenvalue weighted by atomic mass is 16.5. The van der Waals surface area contributed by atoms with Gasteiger partial charge >= 0.3 is 0 Å². The Bertz CT molecular complexity index is 972. The normalized spacial score (nSPS) is 10.9. The fourth-order valence-corrected chi connectivity index (χ4v) is 2.84. The fourth-order valence-electron chi connectivity index (χ4n) is 2.84. The number of benzene rings is 1. The molecule has 7 heteroatoms. The van der Waals surface area contributed by atoms with Crippen LogP contribution in [0, 0.1) is 27.7 Å². The fraction of sp³-hybridized carbons (Fsp3) is 0.350. The maximum absolute atomic E-state index is 12.7. The highest BCUT2D eigenvalue weighted by molar-refractivity contribution is 6.03. The molecule has 2 heterocycles. The first-order chi connectivity index (χ1) is 12.9. The van der Waals surface area contributed by atoms with Crippen molar-refractivity contribution in [2.24, 2.45) is 0 Å². The van der Waals surface area contributed by atoms with E-state index in [0.29, 0.717) is 17.1 Å². The molecule has 0 fully saturated rings. The van der Waals surface area contributed by atoms with Gasteiger partial charge in [0.05, 0.1) is 5.56 Å². The summed E-state index contributed by atoms with van der Waals surface area (Å²) >= 11 is 0. The Balaban J connectivity index is 1.77. The van der Waals surface area contributed by atoms with E-state index in [1.807, 2.05) is 56.6 Å². The molecule has 27 heavy (non-hydrogen) atoms. The van der Waals surface area contributed by atoms with Crippen molar-refractivity contribution in [1.82, 2.24) is 14.9 Å². The third-order valence-electron chi connectivity index (χ3n) is 4.65. The average molecular weight is 368 g/mol. The van der Waals surface area contributed by atoms with Crippen LogP contribution in [0.15, 0.2) is 28.8 Å². The number of carbonyl (C=O) groups is 1. The van der Waals surface area contributed by atoms with Gasteiger partial charge in [0.25, 0.3) is 5.91 Å². The maximum Gasteiger partial charge on any atom is 0.279 e. The number of aromatic nitrogens is 3. The summed E-state index contributed by atoms with van der Waals surface area (Å²) in [6, 6.07) is 7.70. The van der Waals surface area contributed by atoms with Gasteiger partial charge in [-0.1, -0.05) is 17.3 Å². The molecule has 1 aromatic carbocycles. The molecule has 142 valence electrons. The molecule has 3 aromatic rings. The van der Waals surface area contributed by atoms with Gasteiger partial charge in [0.2, 0.25) is 0 Å². The van der Waals surface area contributed by atoms with Gasteiger partial charge in [-0.2, -0.15) is 5.10 Å². The molecule has 1 N–H and O–H groups in total. The van der Waals surface area contributed by atoms with Crippen molar-refractivity contribution in [3.63, 3.8) is 0 Å². The molecule has 2 aromatic heterocycles. The summed E-state index contributed by atoms with van der Waals surface area (Å²) in [5.74, 6) is 1.45. The van der Waals surface area contributed by atoms with Crippen molar-refractivity contribution >= 4 is 11.7 Å². The minimum Gasteiger partial charge on any atom is -0.488 e. The van der Waals surface area contributed by atoms with Crippen LogP contribution in [0.25, 0.3) is 0 Å². The van der Waals surface area contributed by atoms with Crippen LogP contribution in [0.2, 0.25) is 0 Å². The molecular formula is C20H24N4O3. The number of hydrogen-bond donors (Lipinski definition) is 1. The molecule has 0 aliphatic heterocycles. The molecule has 7 nitrogen and oxygen atoms in total. The molecule has 3 rings (SSSR count). The van der Waals surface area contributed by atoms with E-state index in [0.717, 1.165) is 29.1 Å². The van der Waals surface area contributed by atoms with Crippen molar-refractivity contribution in [1.29, 1.82) is 0 Å². The Hall–Kier alpha value is -3.09. The van der Waals surface area contributed by atoms with Crippen LogP contribution >= 0.6 is 0 Å². The largest absolute Gasteiger partial charge is 0.488 e. The second-order valence-corrected chi connectivity index (χ2v) is 6.49. The Labute approximate surface area is 158 Å². The molecule has 0 saturated heterocycles. The summed E-state index contributed by atoms with van der Waals surface area (Å²) in [6.45, 7) is 10.7. The molecule has 0 aliphatic rings. The van der Waals surface area contributed by atoms with E-state index in [4.69, 9.17) is 9.26 Å². The molecule has 0 radical (unpaired) electrons. The predicted molar refractivity (Wildman–Crippen MR) is 102 cm³/mol. The van der Waals surface area contributed by atoms with Crippen molar-refractivity contribution in [3.8, 4) is 5.75 Å². The van der Waals surface area contributed by atoms with Crippen LogP contribution < -0.4 is 10.1 Å². The predicted octanol–water partition coefficient (Wildman–Crippen LogP) is 3.96. The zero-order chi connectivity index (χ0) is 19.6. The number of nitrogens with one attached hydrogen (secondary N) is 1. The summed E-state index contributed by atoms with van der Waals surface area (Å²) in [7, 11) is 0. The standard InChI is InChI=1S/C20H24N4O3/c1-6-24-13(3)10-18(22-24)21-20(25)19-16(15(5)27-23-19)11-26-17-9-7-8-12(2)14(17)4/h7-10H,6,11H2,1-5H3,(H,21,22,25). The minimum absolute atomic E-state index is 0.199. The van der Waals surface area contributed by atoms with E-state index in [1.165, 1.54) is 0 Å². The number of carbonyl (C=O) groups excluding carboxylic acids is 1. The third kappa shape index (κ3) is 3.86. The van der Waals surface area contributed by atoms with Gasteiger partial charge in [-0.25, -0.2) is 0 Å². The number of ether oxygens (including phenoxy) is 1. The van der Waals surface area contributed by atoms with Crippen LogP contribution in [0.5, 0.6) is 5.75 Å². The lowest BCUT2D eigenvalue weighted by molar-refractivity contribution is 0.101. The minimum atomic E-state index is -0.368. The third-order valence-corrected chi connectivity index (χ3v) is 4.65. The highest BCUT2D eigenvalue weighted by Gasteiger charge is 2.21. The number of rotatable bonds is 6. The Morgan fingerprint density at radius 2 is 2.04 bits per heavy atom. The van der Waals surface area contributed by atoms with Crippen LogP contribution in [0.4, 0.5) is 5.82 Å². The topological polar surface area (TPSA) is 82.2 Å². The lowest BCUT2D eigenvalue weighted by Crippen LogP contribution is -2.16. The van der Waals surface area contributed by atoms with E-state index in [1.54, 1.807) is 6.92 Å². The van der Waals surface area contributed by atoms with Gasteiger partial charge in [0, 0.05) is 18.3 Å². The molecule has 0 atom stereocenters. The first kappa shape index (κ1) is 18.7. The Morgan fingerprint density at radius 1 is 1.26 bits per heavy atom. The summed E-state index contributed by atoms with van der Waals surface area (Å²) in [5.41, 5.74) is 4.02. The summed E-state index contributed by atoms with van der Waals surface area (Å²) in [6.07, 6.45) is 0. The van der Waals surface area contributed by atoms with E-state index in [2.05, 4.69) is 15.6 Å². The molecule has 1 amide bonds. The monoisotopic (exact) mass is 368 g/mol. The highest BCUT2D eigenvalue weighted by Crippen LogP contribution is 2.23. The lowest BCUT2D eigenvalue weighted by atomic mass is 10.1. The number of amides is 1. The van der Waals surface area contributed by atoms with Crippen LogP contribution in [0.1, 0.15) is 45.6 Å². The van der Waals surface area contributed by atoms with Crippen molar-refractivity contribution in [2.75, 3.05) is 5.32 Å². The molecule has 0 unspecified atom stereocenters. The molecule has 0 aliphatic carbocycles. The van der Waals surface area contributed by atoms with Crippen molar-refractivity contribution < 1.29 is 14.1 Å². The van der Waals surface area contributed by atoms with Crippen molar-refractivity contribution in [3.05, 3.63) is 58.1 Å². The van der Waals surface area contributed by atoms with Gasteiger partial charge in [0.1, 0.15) is 18.1 Å². The molecule has 0 bridgehead atoms. The molecule has 0 saturated carbocycles. The second kappa shape index (κ2) is 7.65. The van der Waals surface area contributed by atoms with Gasteiger partial charge in [-0.3, -0.25) is 9.48 Å². The van der Waals surface area contributed by atoms with Gasteiger partial charge in [0.15, 0.2) is 11.5 Å². The van der Waals surface area contributed by atoms with E-state index >= 15 is 0 Å². The SMILES string of the molecule is CCn1nc(NC(=O)c2noc(C)c2COc2cccc(C)c2C)cc1C. The van der Waals surface area contributed by atoms with Crippen LogP contribution in [-0.4, -0.2) is 20.8 Å². The summed E-state index contributed by atoms with van der Waals surface area (Å²) in [5, 5.41) is 11.0. The maximum atomic E-state index is 12.7. The zero-order valence-corrected chi connectivity index (χ0v) is 16.3. The number of aryl methyl sites for hydroxylation is 4. The quantitative estimate of drug-likeness (QED) is 0.712. The second-order valence-electron chi connectivity index (χ2n) is 6.49. The first-order valence-electron chi connectivity index (χ1n) is 8.90.